The number of benzene rings is 1. The summed E-state index contributed by atoms with van der Waals surface area (Å²) in [6, 6.07) is -0.160. The molecule has 0 spiro atoms. The summed E-state index contributed by atoms with van der Waals surface area (Å²) in [6.07, 6.45) is -5.70. The Bertz CT molecular complexity index is 1930. The number of aliphatic hydroxyl groups excluding tert-OH is 2. The van der Waals surface area contributed by atoms with Crippen molar-refractivity contribution in [2.75, 3.05) is 20.2 Å². The number of nitrogens with zero attached hydrogens (tertiary/aromatic N) is 3. The highest BCUT2D eigenvalue weighted by Gasteiger charge is 2.46. The number of aliphatic hydroxyl groups is 2. The molecule has 6 amide bonds. The first-order valence-corrected chi connectivity index (χ1v) is 21.9. The van der Waals surface area contributed by atoms with E-state index in [4.69, 9.17) is 20.8 Å². The summed E-state index contributed by atoms with van der Waals surface area (Å²) in [6.45, 7) is 6.64. The van der Waals surface area contributed by atoms with E-state index in [1.165, 1.54) is 14.0 Å². The molecule has 2 bridgehead atoms. The van der Waals surface area contributed by atoms with Crippen molar-refractivity contribution < 1.29 is 65.7 Å². The van der Waals surface area contributed by atoms with Crippen LogP contribution in [-0.2, 0) is 59.3 Å². The summed E-state index contributed by atoms with van der Waals surface area (Å²) >= 11 is 0. The molecule has 0 unspecified atom stereocenters. The number of likely N-dealkylation sites (N-methyl/N-ethyl adjacent to an activating group) is 1. The van der Waals surface area contributed by atoms with E-state index in [0.717, 1.165) is 9.80 Å². The third kappa shape index (κ3) is 15.4. The van der Waals surface area contributed by atoms with Crippen molar-refractivity contribution in [3.63, 3.8) is 0 Å². The van der Waals surface area contributed by atoms with E-state index in [1.54, 1.807) is 58.0 Å². The van der Waals surface area contributed by atoms with E-state index in [-0.39, 0.29) is 56.9 Å². The molecule has 11 N–H and O–H groups in total. The van der Waals surface area contributed by atoms with Crippen molar-refractivity contribution in [2.24, 2.45) is 28.3 Å². The predicted octanol–water partition coefficient (Wildman–Crippen LogP) is -2.81. The van der Waals surface area contributed by atoms with Gasteiger partial charge in [-0.2, -0.15) is 8.42 Å². The summed E-state index contributed by atoms with van der Waals surface area (Å²) in [7, 11) is -3.75. The number of rotatable bonds is 14. The van der Waals surface area contributed by atoms with Gasteiger partial charge in [0.15, 0.2) is 12.1 Å². The number of amides is 6. The number of aliphatic imine (C=N–C) groups is 1. The molecular formula is C39H61N9O14S. The molecule has 1 aromatic carbocycles. The van der Waals surface area contributed by atoms with E-state index in [1.807, 2.05) is 0 Å². The fraction of sp³-hybridized carbons (Fsp3) is 0.641. The minimum absolute atomic E-state index is 0.0153. The van der Waals surface area contributed by atoms with Crippen LogP contribution in [0.3, 0.4) is 0 Å². The first-order valence-electron chi connectivity index (χ1n) is 20.5. The maximum atomic E-state index is 14.7. The molecular weight excluding hydrogens is 851 g/mol. The van der Waals surface area contributed by atoms with Gasteiger partial charge in [-0.3, -0.25) is 38.3 Å². The maximum Gasteiger partial charge on any atom is 0.397 e. The van der Waals surface area contributed by atoms with Crippen molar-refractivity contribution in [1.29, 1.82) is 0 Å². The summed E-state index contributed by atoms with van der Waals surface area (Å²) < 4.78 is 40.9. The smallest absolute Gasteiger partial charge is 0.397 e. The zero-order valence-electron chi connectivity index (χ0n) is 36.1. The van der Waals surface area contributed by atoms with Crippen LogP contribution in [0.2, 0.25) is 0 Å². The van der Waals surface area contributed by atoms with Crippen LogP contribution in [0.4, 0.5) is 0 Å². The molecule has 1 aromatic rings. The molecule has 0 radical (unpaired) electrons. The number of carbonyl (C=O) groups excluding carboxylic acids is 7. The van der Waals surface area contributed by atoms with Gasteiger partial charge in [-0.1, -0.05) is 58.0 Å². The molecule has 0 saturated carbocycles. The Hall–Kier alpha value is -5.43. The summed E-state index contributed by atoms with van der Waals surface area (Å²) in [4.78, 5) is 105. The van der Waals surface area contributed by atoms with Crippen LogP contribution in [-0.4, -0.2) is 155 Å². The monoisotopic (exact) mass is 911 g/mol. The second kappa shape index (κ2) is 23.3. The lowest BCUT2D eigenvalue weighted by atomic mass is 9.94. The fourth-order valence-electron chi connectivity index (χ4n) is 7.06. The Morgan fingerprint density at radius 3 is 2.21 bits per heavy atom. The van der Waals surface area contributed by atoms with E-state index >= 15 is 0 Å². The minimum atomic E-state index is -5.11. The third-order valence-electron chi connectivity index (χ3n) is 10.4. The predicted molar refractivity (Wildman–Crippen MR) is 224 cm³/mol. The number of guanidine groups is 1. The van der Waals surface area contributed by atoms with Gasteiger partial charge in [0.05, 0.1) is 0 Å². The van der Waals surface area contributed by atoms with E-state index < -0.39 is 119 Å². The van der Waals surface area contributed by atoms with E-state index in [2.05, 4.69) is 30.4 Å². The van der Waals surface area contributed by atoms with Gasteiger partial charge in [0.1, 0.15) is 55.2 Å². The van der Waals surface area contributed by atoms with Gasteiger partial charge in [0, 0.05) is 20.0 Å². The zero-order chi connectivity index (χ0) is 47.3. The number of ether oxygens (including phenoxy) is 1. The highest BCUT2D eigenvalue weighted by atomic mass is 32.3. The molecule has 63 heavy (non-hydrogen) atoms. The Morgan fingerprint density at radius 2 is 1.62 bits per heavy atom. The molecule has 3 rings (SSSR count). The van der Waals surface area contributed by atoms with Crippen LogP contribution >= 0.6 is 0 Å². The third-order valence-corrected chi connectivity index (χ3v) is 10.9. The fourth-order valence-corrected chi connectivity index (χ4v) is 7.36. The molecule has 2 heterocycles. The molecule has 2 aliphatic heterocycles. The van der Waals surface area contributed by atoms with Gasteiger partial charge in [0.25, 0.3) is 5.91 Å². The van der Waals surface area contributed by atoms with Gasteiger partial charge < -0.3 is 57.5 Å². The molecule has 23 nitrogen and oxygen atoms in total. The quantitative estimate of drug-likeness (QED) is 0.0299. The van der Waals surface area contributed by atoms with Crippen molar-refractivity contribution in [1.82, 2.24) is 31.1 Å². The standard InChI is InChI=1S/C39H61N9O14S/c1-20(2)17-27-37(56)47(6)26(18-23-11-8-7-9-12-23)33(52)45-30(21(3)4)38(57)62-22(5)31(46-34(53)28(49)19-61-63(58,59)60)35(54)43-24(13-10-16-42-39(40)41)32(51)44-25-14-15-29(50)48(27)36(25)55/h7-9,11-12,20-22,24-31,49-50H,10,13-19H2,1-6H3,(H,43,54)(H,44,51)(H,45,52)(H,46,53)(H4,40,41,42)(H,58,59,60)/t22-,24-,25-,26+,27-,28+,29-,30+,31-/m0/s1. The van der Waals surface area contributed by atoms with Crippen molar-refractivity contribution >= 4 is 57.8 Å². The molecule has 9 atom stereocenters. The van der Waals surface area contributed by atoms with Gasteiger partial charge >= 0.3 is 16.4 Å². The number of nitrogens with one attached hydrogen (secondary N) is 4. The Balaban J connectivity index is 2.21. The Labute approximate surface area is 366 Å². The molecule has 0 aromatic heterocycles. The van der Waals surface area contributed by atoms with Crippen LogP contribution in [0.1, 0.15) is 72.3 Å². The SMILES string of the molecule is CC(C)C[C@H]1C(=O)N(C)[C@H](Cc2ccccc2)C(=O)N[C@H](C(C)C)C(=O)O[C@@H](C)[C@H](NC(=O)[C@H](O)COS(=O)(=O)O)C(=O)N[C@@H](CCCN=C(N)N)C(=O)N[C@H]2CC[C@H](O)N1C2=O. The van der Waals surface area contributed by atoms with Gasteiger partial charge in [-0.25, -0.2) is 8.98 Å². The Morgan fingerprint density at radius 1 is 0.968 bits per heavy atom. The first-order chi connectivity index (χ1) is 29.4. The number of nitrogens with two attached hydrogens (primary N) is 2. The topological polar surface area (TPSA) is 352 Å². The number of piperidine rings is 1. The summed E-state index contributed by atoms with van der Waals surface area (Å²) in [5.74, 6) is -8.11. The maximum absolute atomic E-state index is 14.7. The molecule has 2 aliphatic rings. The van der Waals surface area contributed by atoms with Crippen molar-refractivity contribution in [3.05, 3.63) is 35.9 Å². The van der Waals surface area contributed by atoms with Gasteiger partial charge in [-0.05, 0) is 56.4 Å². The van der Waals surface area contributed by atoms with Gasteiger partial charge in [0.2, 0.25) is 29.5 Å². The van der Waals surface area contributed by atoms with Crippen molar-refractivity contribution in [2.45, 2.75) is 128 Å². The second-order valence-electron chi connectivity index (χ2n) is 16.3. The Kier molecular flexibility index (Phi) is 19.2. The number of esters is 1. The lowest BCUT2D eigenvalue weighted by Crippen LogP contribution is -2.65. The average Bonchev–Trinajstić information content (AvgIpc) is 3.20. The lowest BCUT2D eigenvalue weighted by molar-refractivity contribution is -0.166. The van der Waals surface area contributed by atoms with E-state index in [0.29, 0.717) is 5.56 Å². The normalized spacial score (nSPS) is 26.4. The average molecular weight is 912 g/mol. The van der Waals surface area contributed by atoms with Crippen molar-refractivity contribution in [3.8, 4) is 0 Å². The molecule has 2 fully saturated rings. The summed E-state index contributed by atoms with van der Waals surface area (Å²) in [5.41, 5.74) is 11.5. The number of carbonyl (C=O) groups is 7. The largest absolute Gasteiger partial charge is 0.458 e. The first kappa shape index (κ1) is 51.9. The highest BCUT2D eigenvalue weighted by Crippen LogP contribution is 2.26. The number of fused-ring (bicyclic) bond motifs is 2. The highest BCUT2D eigenvalue weighted by molar-refractivity contribution is 7.80. The van der Waals surface area contributed by atoms with Gasteiger partial charge in [-0.15, -0.1) is 0 Å². The minimum Gasteiger partial charge on any atom is -0.458 e. The van der Waals surface area contributed by atoms with Crippen LogP contribution in [0.5, 0.6) is 0 Å². The summed E-state index contributed by atoms with van der Waals surface area (Å²) in [5, 5.41) is 31.5. The van der Waals surface area contributed by atoms with Crippen LogP contribution in [0, 0.1) is 11.8 Å². The van der Waals surface area contributed by atoms with Crippen LogP contribution in [0.25, 0.3) is 0 Å². The molecule has 24 heteroatoms. The second-order valence-corrected chi connectivity index (χ2v) is 17.4. The molecule has 2 saturated heterocycles. The number of hydrogen-bond acceptors (Lipinski definition) is 14. The number of cyclic esters (lactones) is 1. The van der Waals surface area contributed by atoms with Crippen LogP contribution < -0.4 is 32.7 Å². The zero-order valence-corrected chi connectivity index (χ0v) is 36.9. The number of hydrogen-bond donors (Lipinski definition) is 9. The lowest BCUT2D eigenvalue weighted by Gasteiger charge is -2.43. The van der Waals surface area contributed by atoms with Crippen LogP contribution in [0.15, 0.2) is 35.3 Å². The molecule has 352 valence electrons. The molecule has 0 aliphatic carbocycles. The van der Waals surface area contributed by atoms with E-state index in [9.17, 15) is 52.2 Å².